The van der Waals surface area contributed by atoms with E-state index in [2.05, 4.69) is 10.3 Å². The maximum Gasteiger partial charge on any atom is 0.313 e. The molecular formula is C20H18N2O5. The van der Waals surface area contributed by atoms with E-state index in [9.17, 15) is 9.59 Å². The largest absolute Gasteiger partial charge is 0.489 e. The Balaban J connectivity index is 1.39. The molecule has 7 heteroatoms. The number of carbonyl (C=O) groups excluding carboxylic acids is 2. The normalized spacial score (nSPS) is 24.0. The smallest absolute Gasteiger partial charge is 0.313 e. The van der Waals surface area contributed by atoms with Gasteiger partial charge in [-0.05, 0) is 37.6 Å². The minimum atomic E-state index is -0.225. The summed E-state index contributed by atoms with van der Waals surface area (Å²) in [5.74, 6) is 2.26. The summed E-state index contributed by atoms with van der Waals surface area (Å²) in [6, 6.07) is 7.43. The molecule has 3 atom stereocenters. The molecule has 1 aromatic heterocycles. The quantitative estimate of drug-likeness (QED) is 0.838. The van der Waals surface area contributed by atoms with E-state index in [1.807, 2.05) is 18.2 Å². The number of carbonyl (C=O) groups is 2. The summed E-state index contributed by atoms with van der Waals surface area (Å²) in [5, 5.41) is 2.77. The Kier molecular flexibility index (Phi) is 3.56. The van der Waals surface area contributed by atoms with Crippen molar-refractivity contribution in [2.75, 3.05) is 11.9 Å². The van der Waals surface area contributed by atoms with E-state index in [1.54, 1.807) is 19.2 Å². The van der Waals surface area contributed by atoms with Gasteiger partial charge in [0.25, 0.3) is 0 Å². The third-order valence-corrected chi connectivity index (χ3v) is 5.22. The number of anilines is 1. The van der Waals surface area contributed by atoms with Crippen LogP contribution in [0.2, 0.25) is 0 Å². The van der Waals surface area contributed by atoms with Crippen molar-refractivity contribution in [1.82, 2.24) is 4.98 Å². The van der Waals surface area contributed by atoms with Crippen molar-refractivity contribution in [2.45, 2.75) is 31.8 Å². The molecule has 27 heavy (non-hydrogen) atoms. The fourth-order valence-corrected chi connectivity index (χ4v) is 3.90. The van der Waals surface area contributed by atoms with E-state index in [4.69, 9.17) is 14.2 Å². The molecule has 1 N–H and O–H groups in total. The summed E-state index contributed by atoms with van der Waals surface area (Å²) >= 11 is 0. The average Bonchev–Trinajstić information content (AvgIpc) is 3.25. The van der Waals surface area contributed by atoms with Gasteiger partial charge in [-0.25, -0.2) is 4.98 Å². The SMILES string of the molecule is CCOC(=O)[C@H]1C2Oc3ccc(Oc4ccnc5c4CCC(=O)N5)cc3[C@@H]21. The molecule has 3 aliphatic rings. The molecule has 1 amide bonds. The summed E-state index contributed by atoms with van der Waals surface area (Å²) in [6.45, 7) is 2.17. The number of benzene rings is 1. The molecule has 7 nitrogen and oxygen atoms in total. The molecule has 0 bridgehead atoms. The topological polar surface area (TPSA) is 86.8 Å². The van der Waals surface area contributed by atoms with E-state index in [0.717, 1.165) is 16.9 Å². The van der Waals surface area contributed by atoms with E-state index in [1.165, 1.54) is 0 Å². The highest BCUT2D eigenvalue weighted by molar-refractivity contribution is 5.93. The third-order valence-electron chi connectivity index (χ3n) is 5.22. The van der Waals surface area contributed by atoms with E-state index < -0.39 is 0 Å². The molecule has 1 saturated carbocycles. The van der Waals surface area contributed by atoms with Crippen LogP contribution in [0.1, 0.15) is 30.4 Å². The molecule has 1 unspecified atom stereocenters. The molecule has 1 aliphatic carbocycles. The number of esters is 1. The Bertz CT molecular complexity index is 957. The van der Waals surface area contributed by atoms with Gasteiger partial charge in [-0.15, -0.1) is 0 Å². The maximum absolute atomic E-state index is 12.0. The molecular weight excluding hydrogens is 348 g/mol. The number of amides is 1. The van der Waals surface area contributed by atoms with Crippen molar-refractivity contribution in [1.29, 1.82) is 0 Å². The first kappa shape index (κ1) is 16.1. The molecule has 2 aromatic rings. The zero-order valence-electron chi connectivity index (χ0n) is 14.7. The van der Waals surface area contributed by atoms with Gasteiger partial charge in [0, 0.05) is 29.7 Å². The third kappa shape index (κ3) is 2.61. The number of fused-ring (bicyclic) bond motifs is 4. The number of rotatable bonds is 4. The van der Waals surface area contributed by atoms with Gasteiger partial charge in [0.05, 0.1) is 6.61 Å². The van der Waals surface area contributed by atoms with Crippen LogP contribution >= 0.6 is 0 Å². The zero-order chi connectivity index (χ0) is 18.5. The summed E-state index contributed by atoms with van der Waals surface area (Å²) < 4.78 is 17.1. The van der Waals surface area contributed by atoms with E-state index in [0.29, 0.717) is 36.8 Å². The highest BCUT2D eigenvalue weighted by Crippen LogP contribution is 2.59. The fourth-order valence-electron chi connectivity index (χ4n) is 3.90. The van der Waals surface area contributed by atoms with Crippen LogP contribution in [-0.2, 0) is 20.7 Å². The predicted octanol–water partition coefficient (Wildman–Crippen LogP) is 2.80. The number of nitrogens with one attached hydrogen (secondary N) is 1. The van der Waals surface area contributed by atoms with Gasteiger partial charge >= 0.3 is 5.97 Å². The van der Waals surface area contributed by atoms with Crippen molar-refractivity contribution in [2.24, 2.45) is 5.92 Å². The Hall–Kier alpha value is -3.09. The zero-order valence-corrected chi connectivity index (χ0v) is 14.7. The highest BCUT2D eigenvalue weighted by Gasteiger charge is 2.63. The Labute approximate surface area is 155 Å². The minimum absolute atomic E-state index is 0.0354. The van der Waals surface area contributed by atoms with Crippen LogP contribution in [-0.4, -0.2) is 29.6 Å². The van der Waals surface area contributed by atoms with Crippen LogP contribution in [0, 0.1) is 5.92 Å². The number of hydrogen-bond acceptors (Lipinski definition) is 6. The summed E-state index contributed by atoms with van der Waals surface area (Å²) in [4.78, 5) is 27.8. The van der Waals surface area contributed by atoms with Gasteiger partial charge in [-0.3, -0.25) is 9.59 Å². The number of ether oxygens (including phenoxy) is 3. The van der Waals surface area contributed by atoms with Crippen LogP contribution in [0.4, 0.5) is 5.82 Å². The van der Waals surface area contributed by atoms with Crippen molar-refractivity contribution in [3.05, 3.63) is 41.6 Å². The molecule has 0 saturated heterocycles. The number of aromatic nitrogens is 1. The second-order valence-corrected chi connectivity index (χ2v) is 6.87. The first-order valence-corrected chi connectivity index (χ1v) is 9.08. The van der Waals surface area contributed by atoms with Crippen molar-refractivity contribution in [3.63, 3.8) is 0 Å². The monoisotopic (exact) mass is 366 g/mol. The minimum Gasteiger partial charge on any atom is -0.489 e. The summed E-state index contributed by atoms with van der Waals surface area (Å²) in [6.07, 6.45) is 2.49. The fraction of sp³-hybridized carbons (Fsp3) is 0.350. The Morgan fingerprint density at radius 3 is 3.07 bits per heavy atom. The van der Waals surface area contributed by atoms with Crippen LogP contribution in [0.5, 0.6) is 17.2 Å². The van der Waals surface area contributed by atoms with Crippen LogP contribution in [0.3, 0.4) is 0 Å². The molecule has 5 rings (SSSR count). The van der Waals surface area contributed by atoms with Crippen LogP contribution < -0.4 is 14.8 Å². The second-order valence-electron chi connectivity index (χ2n) is 6.87. The molecule has 1 fully saturated rings. The first-order valence-electron chi connectivity index (χ1n) is 9.08. The standard InChI is InChI=1S/C20H18N2O5/c1-2-25-20(24)17-16-12-9-10(3-5-13(12)27-18(16)17)26-14-7-8-21-19-11(14)4-6-15(23)22-19/h3,5,7-9,16-18H,2,4,6H2,1H3,(H,21,22,23)/t16-,17-,18?/m1/s1. The van der Waals surface area contributed by atoms with Gasteiger partial charge in [0.15, 0.2) is 0 Å². The molecule has 138 valence electrons. The second kappa shape index (κ2) is 5.97. The Morgan fingerprint density at radius 1 is 1.33 bits per heavy atom. The van der Waals surface area contributed by atoms with Crippen LogP contribution in [0.25, 0.3) is 0 Å². The van der Waals surface area contributed by atoms with Gasteiger partial charge in [-0.1, -0.05) is 0 Å². The Morgan fingerprint density at radius 2 is 2.22 bits per heavy atom. The molecule has 1 aromatic carbocycles. The summed E-state index contributed by atoms with van der Waals surface area (Å²) in [5.41, 5.74) is 1.87. The molecule has 2 aliphatic heterocycles. The maximum atomic E-state index is 12.0. The van der Waals surface area contributed by atoms with Gasteiger partial charge in [0.2, 0.25) is 5.91 Å². The van der Waals surface area contributed by atoms with Crippen molar-refractivity contribution in [3.8, 4) is 17.2 Å². The molecule has 0 radical (unpaired) electrons. The van der Waals surface area contributed by atoms with Gasteiger partial charge < -0.3 is 19.5 Å². The van der Waals surface area contributed by atoms with E-state index in [-0.39, 0.29) is 29.8 Å². The number of nitrogens with zero attached hydrogens (tertiary/aromatic N) is 1. The van der Waals surface area contributed by atoms with Gasteiger partial charge in [-0.2, -0.15) is 0 Å². The lowest BCUT2D eigenvalue weighted by atomic mass is 10.1. The van der Waals surface area contributed by atoms with Crippen LogP contribution in [0.15, 0.2) is 30.5 Å². The molecule has 3 heterocycles. The summed E-state index contributed by atoms with van der Waals surface area (Å²) in [7, 11) is 0. The predicted molar refractivity (Wildman–Crippen MR) is 95.0 cm³/mol. The lowest BCUT2D eigenvalue weighted by molar-refractivity contribution is -0.145. The first-order chi connectivity index (χ1) is 13.2. The number of hydrogen-bond donors (Lipinski definition) is 1. The lowest BCUT2D eigenvalue weighted by Crippen LogP contribution is -2.20. The average molecular weight is 366 g/mol. The van der Waals surface area contributed by atoms with Gasteiger partial charge in [0.1, 0.15) is 35.1 Å². The highest BCUT2D eigenvalue weighted by atomic mass is 16.5. The number of pyridine rings is 1. The van der Waals surface area contributed by atoms with E-state index >= 15 is 0 Å². The molecule has 0 spiro atoms. The van der Waals surface area contributed by atoms with Crippen molar-refractivity contribution >= 4 is 17.7 Å². The lowest BCUT2D eigenvalue weighted by Gasteiger charge is -2.19. The van der Waals surface area contributed by atoms with Crippen molar-refractivity contribution < 1.29 is 23.8 Å².